The molecule has 0 unspecified atom stereocenters. The lowest BCUT2D eigenvalue weighted by Gasteiger charge is -2.13. The van der Waals surface area contributed by atoms with E-state index in [-0.39, 0.29) is 11.9 Å². The van der Waals surface area contributed by atoms with Gasteiger partial charge in [0.05, 0.1) is 6.61 Å². The average molecular weight is 223 g/mol. The molecule has 0 spiro atoms. The molecule has 1 atom stereocenters. The van der Waals surface area contributed by atoms with Crippen LogP contribution in [0.15, 0.2) is 30.9 Å². The van der Waals surface area contributed by atoms with Gasteiger partial charge in [0.25, 0.3) is 0 Å². The molecule has 88 valence electrons. The van der Waals surface area contributed by atoms with Crippen molar-refractivity contribution in [1.29, 1.82) is 0 Å². The normalized spacial score (nSPS) is 12.2. The predicted molar refractivity (Wildman–Crippen MR) is 63.9 cm³/mol. The third kappa shape index (κ3) is 3.66. The summed E-state index contributed by atoms with van der Waals surface area (Å²) in [6, 6.07) is 4.29. The minimum atomic E-state index is -0.303. The molecular formula is C13H18FNO. The second-order valence-corrected chi connectivity index (χ2v) is 3.75. The molecule has 2 nitrogen and oxygen atoms in total. The van der Waals surface area contributed by atoms with E-state index >= 15 is 0 Å². The lowest BCUT2D eigenvalue weighted by Crippen LogP contribution is -2.09. The molecule has 0 saturated carbocycles. The third-order valence-electron chi connectivity index (χ3n) is 2.28. The summed E-state index contributed by atoms with van der Waals surface area (Å²) in [5.74, 6) is 0.238. The van der Waals surface area contributed by atoms with Crippen molar-refractivity contribution in [2.24, 2.45) is 5.73 Å². The Bertz CT molecular complexity index is 350. The van der Waals surface area contributed by atoms with Gasteiger partial charge in [-0.25, -0.2) is 4.39 Å². The summed E-state index contributed by atoms with van der Waals surface area (Å²) in [7, 11) is 0. The summed E-state index contributed by atoms with van der Waals surface area (Å²) in [6.07, 6.45) is 3.60. The van der Waals surface area contributed by atoms with E-state index in [0.717, 1.165) is 18.4 Å². The number of hydrogen-bond acceptors (Lipinski definition) is 2. The van der Waals surface area contributed by atoms with E-state index in [2.05, 4.69) is 6.58 Å². The minimum Gasteiger partial charge on any atom is -0.493 e. The maximum atomic E-state index is 13.0. The first-order valence-corrected chi connectivity index (χ1v) is 5.44. The SMILES string of the molecule is C=CCCCOc1cc(F)ccc1[C@@H](C)N. The van der Waals surface area contributed by atoms with E-state index < -0.39 is 0 Å². The Hall–Kier alpha value is -1.35. The van der Waals surface area contributed by atoms with Gasteiger partial charge >= 0.3 is 0 Å². The van der Waals surface area contributed by atoms with Crippen molar-refractivity contribution in [2.75, 3.05) is 6.61 Å². The van der Waals surface area contributed by atoms with Gasteiger partial charge in [0, 0.05) is 17.7 Å². The van der Waals surface area contributed by atoms with Crippen molar-refractivity contribution in [3.05, 3.63) is 42.2 Å². The molecule has 0 saturated heterocycles. The molecule has 0 aliphatic heterocycles. The molecule has 0 aliphatic rings. The topological polar surface area (TPSA) is 35.2 Å². The van der Waals surface area contributed by atoms with E-state index in [9.17, 15) is 4.39 Å². The molecular weight excluding hydrogens is 205 g/mol. The molecule has 0 aliphatic carbocycles. The first kappa shape index (κ1) is 12.7. The van der Waals surface area contributed by atoms with Crippen LogP contribution in [0.5, 0.6) is 5.75 Å². The van der Waals surface area contributed by atoms with Crippen LogP contribution < -0.4 is 10.5 Å². The van der Waals surface area contributed by atoms with Crippen LogP contribution in [0.3, 0.4) is 0 Å². The molecule has 0 amide bonds. The van der Waals surface area contributed by atoms with E-state index in [1.807, 2.05) is 13.0 Å². The van der Waals surface area contributed by atoms with Crippen LogP contribution in [0, 0.1) is 5.82 Å². The summed E-state index contributed by atoms with van der Waals surface area (Å²) in [5.41, 5.74) is 6.61. The van der Waals surface area contributed by atoms with Crippen molar-refractivity contribution in [2.45, 2.75) is 25.8 Å². The highest BCUT2D eigenvalue weighted by atomic mass is 19.1. The maximum Gasteiger partial charge on any atom is 0.126 e. The summed E-state index contributed by atoms with van der Waals surface area (Å²) >= 11 is 0. The fourth-order valence-electron chi connectivity index (χ4n) is 1.42. The quantitative estimate of drug-likeness (QED) is 0.593. The third-order valence-corrected chi connectivity index (χ3v) is 2.28. The van der Waals surface area contributed by atoms with Crippen LogP contribution in [0.4, 0.5) is 4.39 Å². The Morgan fingerprint density at radius 1 is 1.56 bits per heavy atom. The second-order valence-electron chi connectivity index (χ2n) is 3.75. The Morgan fingerprint density at radius 3 is 2.94 bits per heavy atom. The molecule has 0 fully saturated rings. The van der Waals surface area contributed by atoms with Crippen molar-refractivity contribution in [1.82, 2.24) is 0 Å². The Kier molecular flexibility index (Phi) is 4.99. The Morgan fingerprint density at radius 2 is 2.31 bits per heavy atom. The Labute approximate surface area is 95.9 Å². The fourth-order valence-corrected chi connectivity index (χ4v) is 1.42. The molecule has 0 bridgehead atoms. The highest BCUT2D eigenvalue weighted by Crippen LogP contribution is 2.24. The monoisotopic (exact) mass is 223 g/mol. The molecule has 0 radical (unpaired) electrons. The predicted octanol–water partition coefficient (Wildman–Crippen LogP) is 3.19. The zero-order valence-electron chi connectivity index (χ0n) is 9.58. The van der Waals surface area contributed by atoms with Gasteiger partial charge in [-0.2, -0.15) is 0 Å². The van der Waals surface area contributed by atoms with Crippen molar-refractivity contribution < 1.29 is 9.13 Å². The number of rotatable bonds is 6. The van der Waals surface area contributed by atoms with Gasteiger partial charge in [0.2, 0.25) is 0 Å². The first-order chi connectivity index (χ1) is 7.65. The van der Waals surface area contributed by atoms with Crippen LogP contribution in [0.1, 0.15) is 31.4 Å². The molecule has 16 heavy (non-hydrogen) atoms. The van der Waals surface area contributed by atoms with Gasteiger partial charge in [-0.05, 0) is 25.8 Å². The average Bonchev–Trinajstić information content (AvgIpc) is 2.24. The number of allylic oxidation sites excluding steroid dienone is 1. The zero-order chi connectivity index (χ0) is 12.0. The molecule has 1 rings (SSSR count). The van der Waals surface area contributed by atoms with Gasteiger partial charge in [0.1, 0.15) is 11.6 Å². The first-order valence-electron chi connectivity index (χ1n) is 5.44. The molecule has 2 N–H and O–H groups in total. The fraction of sp³-hybridized carbons (Fsp3) is 0.385. The summed E-state index contributed by atoms with van der Waals surface area (Å²) < 4.78 is 18.6. The molecule has 1 aromatic carbocycles. The number of hydrogen-bond donors (Lipinski definition) is 1. The standard InChI is InChI=1S/C13H18FNO/c1-3-4-5-8-16-13-9-11(14)6-7-12(13)10(2)15/h3,6-7,9-10H,1,4-5,8,15H2,2H3/t10-/m1/s1. The number of nitrogens with two attached hydrogens (primary N) is 1. The van der Waals surface area contributed by atoms with Gasteiger partial charge in [-0.1, -0.05) is 12.1 Å². The largest absolute Gasteiger partial charge is 0.493 e. The number of ether oxygens (including phenoxy) is 1. The van der Waals surface area contributed by atoms with Crippen LogP contribution in [0.2, 0.25) is 0 Å². The van der Waals surface area contributed by atoms with Crippen LogP contribution >= 0.6 is 0 Å². The van der Waals surface area contributed by atoms with Crippen molar-refractivity contribution in [3.63, 3.8) is 0 Å². The summed E-state index contributed by atoms with van der Waals surface area (Å²) in [6.45, 7) is 6.03. The van der Waals surface area contributed by atoms with Gasteiger partial charge < -0.3 is 10.5 Å². The Balaban J connectivity index is 2.68. The van der Waals surface area contributed by atoms with Crippen LogP contribution in [-0.4, -0.2) is 6.61 Å². The van der Waals surface area contributed by atoms with E-state index in [4.69, 9.17) is 10.5 Å². The van der Waals surface area contributed by atoms with E-state index in [1.165, 1.54) is 12.1 Å². The van der Waals surface area contributed by atoms with Crippen molar-refractivity contribution in [3.8, 4) is 5.75 Å². The van der Waals surface area contributed by atoms with Crippen molar-refractivity contribution >= 4 is 0 Å². The highest BCUT2D eigenvalue weighted by molar-refractivity contribution is 5.36. The highest BCUT2D eigenvalue weighted by Gasteiger charge is 2.08. The smallest absolute Gasteiger partial charge is 0.126 e. The lowest BCUT2D eigenvalue weighted by atomic mass is 10.1. The van der Waals surface area contributed by atoms with E-state index in [1.54, 1.807) is 6.07 Å². The summed E-state index contributed by atoms with van der Waals surface area (Å²) in [5, 5.41) is 0. The molecule has 0 heterocycles. The van der Waals surface area contributed by atoms with E-state index in [0.29, 0.717) is 12.4 Å². The second kappa shape index (κ2) is 6.28. The zero-order valence-corrected chi connectivity index (χ0v) is 9.58. The van der Waals surface area contributed by atoms with Crippen LogP contribution in [-0.2, 0) is 0 Å². The number of unbranched alkanes of at least 4 members (excludes halogenated alkanes) is 1. The number of halogens is 1. The van der Waals surface area contributed by atoms with Gasteiger partial charge in [0.15, 0.2) is 0 Å². The molecule has 0 aromatic heterocycles. The number of benzene rings is 1. The molecule has 1 aromatic rings. The van der Waals surface area contributed by atoms with Gasteiger partial charge in [-0.15, -0.1) is 6.58 Å². The molecule has 3 heteroatoms. The van der Waals surface area contributed by atoms with Crippen LogP contribution in [0.25, 0.3) is 0 Å². The van der Waals surface area contributed by atoms with Gasteiger partial charge in [-0.3, -0.25) is 0 Å². The minimum absolute atomic E-state index is 0.157. The lowest BCUT2D eigenvalue weighted by molar-refractivity contribution is 0.306. The summed E-state index contributed by atoms with van der Waals surface area (Å²) in [4.78, 5) is 0. The maximum absolute atomic E-state index is 13.0.